The molecule has 0 atom stereocenters. The molecule has 2 nitrogen and oxygen atoms in total. The fourth-order valence-corrected chi connectivity index (χ4v) is 2.56. The number of aryl methyl sites for hydroxylation is 1. The van der Waals surface area contributed by atoms with E-state index in [9.17, 15) is 0 Å². The van der Waals surface area contributed by atoms with Gasteiger partial charge in [-0.2, -0.15) is 0 Å². The van der Waals surface area contributed by atoms with E-state index in [4.69, 9.17) is 16.3 Å². The van der Waals surface area contributed by atoms with Crippen molar-refractivity contribution in [3.63, 3.8) is 0 Å². The van der Waals surface area contributed by atoms with Crippen LogP contribution in [0.15, 0.2) is 53.0 Å². The number of fused-ring (bicyclic) bond motifs is 1. The van der Waals surface area contributed by atoms with Gasteiger partial charge < -0.3 is 4.74 Å². The van der Waals surface area contributed by atoms with Crippen LogP contribution in [0.5, 0.6) is 11.6 Å². The summed E-state index contributed by atoms with van der Waals surface area (Å²) < 4.78 is 6.98. The van der Waals surface area contributed by atoms with Gasteiger partial charge in [0, 0.05) is 15.4 Å². The number of ether oxygens (including phenoxy) is 1. The standard InChI is InChI=1S/C17H13BrClNO/c1-11-8-14(6-7-15(11)18)21-17-13(10-19)9-12-4-2-3-5-16(12)20-17/h2-9H,10H2,1H3. The summed E-state index contributed by atoms with van der Waals surface area (Å²) in [6, 6.07) is 15.8. The monoisotopic (exact) mass is 361 g/mol. The molecule has 3 rings (SSSR count). The van der Waals surface area contributed by atoms with Crippen LogP contribution in [0.1, 0.15) is 11.1 Å². The molecule has 106 valence electrons. The van der Waals surface area contributed by atoms with E-state index >= 15 is 0 Å². The molecule has 0 fully saturated rings. The van der Waals surface area contributed by atoms with Gasteiger partial charge in [0.15, 0.2) is 0 Å². The Hall–Kier alpha value is -1.58. The average Bonchev–Trinajstić information content (AvgIpc) is 2.50. The van der Waals surface area contributed by atoms with Crippen molar-refractivity contribution in [1.82, 2.24) is 4.98 Å². The van der Waals surface area contributed by atoms with Gasteiger partial charge >= 0.3 is 0 Å². The SMILES string of the molecule is Cc1cc(Oc2nc3ccccc3cc2CCl)ccc1Br. The first-order valence-electron chi connectivity index (χ1n) is 6.56. The van der Waals surface area contributed by atoms with Crippen molar-refractivity contribution >= 4 is 38.4 Å². The van der Waals surface area contributed by atoms with Crippen molar-refractivity contribution in [3.05, 3.63) is 64.1 Å². The number of hydrogen-bond acceptors (Lipinski definition) is 2. The summed E-state index contributed by atoms with van der Waals surface area (Å²) in [6.45, 7) is 2.02. The Labute approximate surface area is 136 Å². The minimum Gasteiger partial charge on any atom is -0.439 e. The zero-order valence-electron chi connectivity index (χ0n) is 11.4. The number of hydrogen-bond donors (Lipinski definition) is 0. The molecule has 2 aromatic carbocycles. The maximum Gasteiger partial charge on any atom is 0.224 e. The van der Waals surface area contributed by atoms with E-state index in [0.717, 1.165) is 32.3 Å². The molecule has 21 heavy (non-hydrogen) atoms. The molecule has 0 aliphatic rings. The fraction of sp³-hybridized carbons (Fsp3) is 0.118. The van der Waals surface area contributed by atoms with E-state index in [0.29, 0.717) is 11.8 Å². The molecule has 0 saturated heterocycles. The topological polar surface area (TPSA) is 22.1 Å². The first-order valence-corrected chi connectivity index (χ1v) is 7.89. The van der Waals surface area contributed by atoms with E-state index in [2.05, 4.69) is 20.9 Å². The highest BCUT2D eigenvalue weighted by atomic mass is 79.9. The normalized spacial score (nSPS) is 10.8. The third-order valence-corrected chi connectivity index (χ3v) is 4.43. The number of halogens is 2. The van der Waals surface area contributed by atoms with Crippen molar-refractivity contribution < 1.29 is 4.74 Å². The summed E-state index contributed by atoms with van der Waals surface area (Å²) in [5.41, 5.74) is 2.90. The minimum atomic E-state index is 0.364. The lowest BCUT2D eigenvalue weighted by Gasteiger charge is -2.11. The van der Waals surface area contributed by atoms with Crippen LogP contribution in [0.4, 0.5) is 0 Å². The second-order valence-corrected chi connectivity index (χ2v) is 5.91. The molecule has 0 saturated carbocycles. The average molecular weight is 363 g/mol. The van der Waals surface area contributed by atoms with Crippen molar-refractivity contribution in [3.8, 4) is 11.6 Å². The number of aromatic nitrogens is 1. The van der Waals surface area contributed by atoms with Crippen LogP contribution in [-0.4, -0.2) is 4.98 Å². The Morgan fingerprint density at radius 3 is 2.71 bits per heavy atom. The molecule has 4 heteroatoms. The zero-order valence-corrected chi connectivity index (χ0v) is 13.8. The van der Waals surface area contributed by atoms with Crippen LogP contribution >= 0.6 is 27.5 Å². The van der Waals surface area contributed by atoms with Crippen LogP contribution in [0.3, 0.4) is 0 Å². The van der Waals surface area contributed by atoms with Crippen LogP contribution in [0, 0.1) is 6.92 Å². The molecular weight excluding hydrogens is 350 g/mol. The maximum absolute atomic E-state index is 6.03. The Morgan fingerprint density at radius 2 is 1.95 bits per heavy atom. The second-order valence-electron chi connectivity index (χ2n) is 4.79. The minimum absolute atomic E-state index is 0.364. The highest BCUT2D eigenvalue weighted by Gasteiger charge is 2.09. The molecule has 0 bridgehead atoms. The van der Waals surface area contributed by atoms with Gasteiger partial charge in [-0.25, -0.2) is 4.98 Å². The summed E-state index contributed by atoms with van der Waals surface area (Å²) in [7, 11) is 0. The molecule has 0 aliphatic heterocycles. The highest BCUT2D eigenvalue weighted by molar-refractivity contribution is 9.10. The first kappa shape index (κ1) is 14.4. The number of nitrogens with zero attached hydrogens (tertiary/aromatic N) is 1. The lowest BCUT2D eigenvalue weighted by atomic mass is 10.1. The zero-order chi connectivity index (χ0) is 14.8. The molecule has 3 aromatic rings. The van der Waals surface area contributed by atoms with Gasteiger partial charge in [0.05, 0.1) is 11.4 Å². The van der Waals surface area contributed by atoms with E-state index < -0.39 is 0 Å². The highest BCUT2D eigenvalue weighted by Crippen LogP contribution is 2.30. The molecule has 0 spiro atoms. The Bertz CT molecular complexity index is 804. The van der Waals surface area contributed by atoms with Gasteiger partial charge in [0.2, 0.25) is 5.88 Å². The summed E-state index contributed by atoms with van der Waals surface area (Å²) >= 11 is 9.51. The quantitative estimate of drug-likeness (QED) is 0.546. The van der Waals surface area contributed by atoms with Crippen molar-refractivity contribution in [2.75, 3.05) is 0 Å². The molecule has 1 aromatic heterocycles. The van der Waals surface area contributed by atoms with Crippen molar-refractivity contribution in [2.24, 2.45) is 0 Å². The summed E-state index contributed by atoms with van der Waals surface area (Å²) in [5, 5.41) is 1.06. The predicted molar refractivity (Wildman–Crippen MR) is 90.3 cm³/mol. The molecular formula is C17H13BrClNO. The number of para-hydroxylation sites is 1. The Morgan fingerprint density at radius 1 is 1.14 bits per heavy atom. The van der Waals surface area contributed by atoms with Crippen LogP contribution in [0.2, 0.25) is 0 Å². The van der Waals surface area contributed by atoms with Gasteiger partial charge in [0.25, 0.3) is 0 Å². The summed E-state index contributed by atoms with van der Waals surface area (Å²) in [5.74, 6) is 1.68. The van der Waals surface area contributed by atoms with Gasteiger partial charge in [-0.1, -0.05) is 34.1 Å². The molecule has 0 aliphatic carbocycles. The third-order valence-electron chi connectivity index (χ3n) is 3.25. The Balaban J connectivity index is 2.04. The number of rotatable bonds is 3. The molecule has 1 heterocycles. The summed E-state index contributed by atoms with van der Waals surface area (Å²) in [4.78, 5) is 4.57. The molecule has 0 radical (unpaired) electrons. The molecule has 0 N–H and O–H groups in total. The van der Waals surface area contributed by atoms with Crippen LogP contribution in [0.25, 0.3) is 10.9 Å². The van der Waals surface area contributed by atoms with Gasteiger partial charge in [0.1, 0.15) is 5.75 Å². The third kappa shape index (κ3) is 3.04. The lowest BCUT2D eigenvalue weighted by molar-refractivity contribution is 0.460. The van der Waals surface area contributed by atoms with Gasteiger partial charge in [-0.3, -0.25) is 0 Å². The van der Waals surface area contributed by atoms with Crippen LogP contribution in [-0.2, 0) is 5.88 Å². The maximum atomic E-state index is 6.03. The van der Waals surface area contributed by atoms with Gasteiger partial charge in [-0.15, -0.1) is 11.6 Å². The Kier molecular flexibility index (Phi) is 4.13. The molecule has 0 unspecified atom stereocenters. The van der Waals surface area contributed by atoms with E-state index in [1.165, 1.54) is 0 Å². The van der Waals surface area contributed by atoms with Crippen molar-refractivity contribution in [2.45, 2.75) is 12.8 Å². The second kappa shape index (κ2) is 6.04. The predicted octanol–water partition coefficient (Wildman–Crippen LogP) is 5.84. The smallest absolute Gasteiger partial charge is 0.224 e. The largest absolute Gasteiger partial charge is 0.439 e. The van der Waals surface area contributed by atoms with Crippen molar-refractivity contribution in [1.29, 1.82) is 0 Å². The van der Waals surface area contributed by atoms with E-state index in [1.807, 2.05) is 55.5 Å². The number of pyridine rings is 1. The number of benzene rings is 2. The van der Waals surface area contributed by atoms with Crippen LogP contribution < -0.4 is 4.74 Å². The molecule has 0 amide bonds. The lowest BCUT2D eigenvalue weighted by Crippen LogP contribution is -1.94. The van der Waals surface area contributed by atoms with E-state index in [-0.39, 0.29) is 0 Å². The fourth-order valence-electron chi connectivity index (χ4n) is 2.12. The summed E-state index contributed by atoms with van der Waals surface area (Å²) in [6.07, 6.45) is 0. The number of alkyl halides is 1. The van der Waals surface area contributed by atoms with E-state index in [1.54, 1.807) is 0 Å². The van der Waals surface area contributed by atoms with Gasteiger partial charge in [-0.05, 0) is 42.8 Å². The first-order chi connectivity index (χ1) is 10.2.